The highest BCUT2D eigenvalue weighted by Crippen LogP contribution is 2.28. The number of aromatic nitrogens is 1. The van der Waals surface area contributed by atoms with Crippen molar-refractivity contribution >= 4 is 46.1 Å². The Morgan fingerprint density at radius 2 is 1.92 bits per heavy atom. The number of benzene rings is 2. The number of rotatable bonds is 5. The molecule has 1 amide bonds. The monoisotopic (exact) mass is 354 g/mol. The summed E-state index contributed by atoms with van der Waals surface area (Å²) in [6, 6.07) is 15.7. The minimum Gasteiger partial charge on any atom is -0.326 e. The van der Waals surface area contributed by atoms with Crippen molar-refractivity contribution in [2.45, 2.75) is 26.2 Å². The normalized spacial score (nSPS) is 10.7. The predicted molar refractivity (Wildman–Crippen MR) is 104 cm³/mol. The smallest absolute Gasteiger partial charge is 0.224 e. The largest absolute Gasteiger partial charge is 0.326 e. The van der Waals surface area contributed by atoms with E-state index in [2.05, 4.69) is 12.2 Å². The quantitative estimate of drug-likeness (QED) is 0.587. The van der Waals surface area contributed by atoms with Crippen molar-refractivity contribution in [1.82, 2.24) is 4.98 Å². The number of hydrogen-bond acceptors (Lipinski definition) is 4. The number of anilines is 1. The van der Waals surface area contributed by atoms with Gasteiger partial charge in [-0.2, -0.15) is 0 Å². The Bertz CT molecular complexity index is 917. The molecule has 24 heavy (non-hydrogen) atoms. The Balaban J connectivity index is 1.83. The Hall–Kier alpha value is -2.11. The second kappa shape index (κ2) is 7.64. The molecular formula is C19H18N2OS2. The van der Waals surface area contributed by atoms with Gasteiger partial charge in [0.25, 0.3) is 0 Å². The lowest BCUT2D eigenvalue weighted by Gasteiger charge is -2.06. The fourth-order valence-electron chi connectivity index (χ4n) is 2.40. The standard InChI is InChI=1S/C19H18N2OS2/c1-2-3-8-17(22)20-14-11-9-13(10-12-14)18-21-16-7-5-4-6-15(16)19(23)24-18/h4-7,9-12H,2-3,8H2,1H3,(H,20,22). The van der Waals surface area contributed by atoms with Crippen LogP contribution in [0, 0.1) is 3.82 Å². The van der Waals surface area contributed by atoms with Gasteiger partial charge in [-0.15, -0.1) is 11.3 Å². The van der Waals surface area contributed by atoms with Crippen molar-refractivity contribution in [3.8, 4) is 10.6 Å². The molecule has 3 nitrogen and oxygen atoms in total. The molecule has 1 N–H and O–H groups in total. The fraction of sp³-hybridized carbons (Fsp3) is 0.211. The second-order valence-electron chi connectivity index (χ2n) is 5.55. The summed E-state index contributed by atoms with van der Waals surface area (Å²) in [5.74, 6) is 0.0593. The molecule has 0 saturated carbocycles. The number of hydrogen-bond donors (Lipinski definition) is 1. The molecule has 122 valence electrons. The molecule has 0 atom stereocenters. The first-order chi connectivity index (χ1) is 11.7. The molecule has 3 aromatic rings. The number of nitrogens with zero attached hydrogens (tertiary/aromatic N) is 1. The SMILES string of the molecule is CCCCC(=O)Nc1ccc(-c2nc3ccccc3c(=S)s2)cc1. The molecule has 1 aromatic heterocycles. The third-order valence-corrected chi connectivity index (χ3v) is 5.10. The van der Waals surface area contributed by atoms with Gasteiger partial charge in [0.1, 0.15) is 8.83 Å². The molecule has 0 spiro atoms. The molecule has 1 heterocycles. The van der Waals surface area contributed by atoms with Crippen LogP contribution in [0.3, 0.4) is 0 Å². The third-order valence-electron chi connectivity index (χ3n) is 3.71. The maximum absolute atomic E-state index is 11.8. The van der Waals surface area contributed by atoms with E-state index in [1.165, 1.54) is 11.3 Å². The Labute approximate surface area is 150 Å². The molecule has 0 radical (unpaired) electrons. The van der Waals surface area contributed by atoms with Crippen molar-refractivity contribution < 1.29 is 4.79 Å². The first-order valence-corrected chi connectivity index (χ1v) is 9.20. The van der Waals surface area contributed by atoms with Crippen LogP contribution in [0.15, 0.2) is 48.5 Å². The van der Waals surface area contributed by atoms with Crippen molar-refractivity contribution in [1.29, 1.82) is 0 Å². The number of carbonyl (C=O) groups excluding carboxylic acids is 1. The van der Waals surface area contributed by atoms with Gasteiger partial charge in [0.05, 0.1) is 5.52 Å². The molecular weight excluding hydrogens is 336 g/mol. The van der Waals surface area contributed by atoms with E-state index >= 15 is 0 Å². The summed E-state index contributed by atoms with van der Waals surface area (Å²) < 4.78 is 0.840. The van der Waals surface area contributed by atoms with Gasteiger partial charge in [-0.05, 0) is 36.8 Å². The van der Waals surface area contributed by atoms with E-state index < -0.39 is 0 Å². The summed E-state index contributed by atoms with van der Waals surface area (Å²) in [6.07, 6.45) is 2.49. The molecule has 5 heteroatoms. The first kappa shape index (κ1) is 16.7. The van der Waals surface area contributed by atoms with Crippen molar-refractivity contribution in [3.63, 3.8) is 0 Å². The van der Waals surface area contributed by atoms with Gasteiger partial charge in [-0.1, -0.05) is 43.8 Å². The fourth-order valence-corrected chi connectivity index (χ4v) is 3.66. The number of amides is 1. The molecule has 0 aliphatic carbocycles. The number of fused-ring (bicyclic) bond motifs is 1. The number of para-hydroxylation sites is 1. The van der Waals surface area contributed by atoms with Crippen LogP contribution in [-0.2, 0) is 4.79 Å². The summed E-state index contributed by atoms with van der Waals surface area (Å²) in [5, 5.41) is 4.83. The molecule has 0 unspecified atom stereocenters. The van der Waals surface area contributed by atoms with Crippen molar-refractivity contribution in [2.24, 2.45) is 0 Å². The zero-order chi connectivity index (χ0) is 16.9. The van der Waals surface area contributed by atoms with Crippen LogP contribution in [0.2, 0.25) is 0 Å². The number of nitrogens with one attached hydrogen (secondary N) is 1. The molecule has 0 aliphatic heterocycles. The maximum atomic E-state index is 11.8. The zero-order valence-corrected chi connectivity index (χ0v) is 15.0. The van der Waals surface area contributed by atoms with Crippen LogP contribution in [0.5, 0.6) is 0 Å². The van der Waals surface area contributed by atoms with Gasteiger partial charge in [-0.3, -0.25) is 4.79 Å². The highest BCUT2D eigenvalue weighted by atomic mass is 32.1. The molecule has 0 saturated heterocycles. The van der Waals surface area contributed by atoms with E-state index in [0.717, 1.165) is 43.8 Å². The van der Waals surface area contributed by atoms with E-state index in [0.29, 0.717) is 6.42 Å². The second-order valence-corrected chi connectivity index (χ2v) is 7.22. The lowest BCUT2D eigenvalue weighted by atomic mass is 10.2. The number of unbranched alkanes of at least 4 members (excludes halogenated alkanes) is 1. The third kappa shape index (κ3) is 3.86. The highest BCUT2D eigenvalue weighted by molar-refractivity contribution is 7.74. The van der Waals surface area contributed by atoms with E-state index in [1.54, 1.807) is 0 Å². The van der Waals surface area contributed by atoms with Gasteiger partial charge in [0.15, 0.2) is 0 Å². The van der Waals surface area contributed by atoms with Crippen LogP contribution < -0.4 is 5.32 Å². The van der Waals surface area contributed by atoms with E-state index in [-0.39, 0.29) is 5.91 Å². The number of carbonyl (C=O) groups is 1. The average Bonchev–Trinajstić information content (AvgIpc) is 2.60. The van der Waals surface area contributed by atoms with Crippen LogP contribution in [-0.4, -0.2) is 10.9 Å². The van der Waals surface area contributed by atoms with Crippen molar-refractivity contribution in [2.75, 3.05) is 5.32 Å². The molecule has 0 aliphatic rings. The van der Waals surface area contributed by atoms with Crippen LogP contribution in [0.1, 0.15) is 26.2 Å². The maximum Gasteiger partial charge on any atom is 0.224 e. The Morgan fingerprint density at radius 1 is 1.17 bits per heavy atom. The minimum atomic E-state index is 0.0593. The van der Waals surface area contributed by atoms with Gasteiger partial charge < -0.3 is 5.32 Å². The van der Waals surface area contributed by atoms with E-state index in [4.69, 9.17) is 17.2 Å². The molecule has 3 rings (SSSR count). The lowest BCUT2D eigenvalue weighted by molar-refractivity contribution is -0.116. The van der Waals surface area contributed by atoms with Gasteiger partial charge in [-0.25, -0.2) is 4.98 Å². The molecule has 0 bridgehead atoms. The van der Waals surface area contributed by atoms with Crippen LogP contribution in [0.25, 0.3) is 21.5 Å². The predicted octanol–water partition coefficient (Wildman–Crippen LogP) is 5.82. The summed E-state index contributed by atoms with van der Waals surface area (Å²) in [6.45, 7) is 2.08. The van der Waals surface area contributed by atoms with Crippen LogP contribution in [0.4, 0.5) is 5.69 Å². The van der Waals surface area contributed by atoms with E-state index in [9.17, 15) is 4.79 Å². The van der Waals surface area contributed by atoms with E-state index in [1.807, 2.05) is 48.5 Å². The first-order valence-electron chi connectivity index (χ1n) is 7.97. The molecule has 0 fully saturated rings. The van der Waals surface area contributed by atoms with Gasteiger partial charge in [0, 0.05) is 23.1 Å². The van der Waals surface area contributed by atoms with Crippen LogP contribution >= 0.6 is 23.6 Å². The Morgan fingerprint density at radius 3 is 2.67 bits per heavy atom. The van der Waals surface area contributed by atoms with Gasteiger partial charge >= 0.3 is 0 Å². The highest BCUT2D eigenvalue weighted by Gasteiger charge is 2.06. The summed E-state index contributed by atoms with van der Waals surface area (Å²) >= 11 is 6.99. The molecule has 2 aromatic carbocycles. The lowest BCUT2D eigenvalue weighted by Crippen LogP contribution is -2.10. The average molecular weight is 355 g/mol. The minimum absolute atomic E-state index is 0.0593. The summed E-state index contributed by atoms with van der Waals surface area (Å²) in [7, 11) is 0. The van der Waals surface area contributed by atoms with Crippen molar-refractivity contribution in [3.05, 3.63) is 52.4 Å². The topological polar surface area (TPSA) is 42.0 Å². The summed E-state index contributed by atoms with van der Waals surface area (Å²) in [5.41, 5.74) is 2.72. The Kier molecular flexibility index (Phi) is 5.33. The van der Waals surface area contributed by atoms with Gasteiger partial charge in [0.2, 0.25) is 5.91 Å². The summed E-state index contributed by atoms with van der Waals surface area (Å²) in [4.78, 5) is 16.5. The zero-order valence-electron chi connectivity index (χ0n) is 13.4.